The number of alkyl halides is 6. The van der Waals surface area contributed by atoms with Crippen molar-refractivity contribution in [2.24, 2.45) is 5.92 Å². The Morgan fingerprint density at radius 3 is 1.95 bits per heavy atom. The van der Waals surface area contributed by atoms with E-state index in [4.69, 9.17) is 9.90 Å². The number of carboxylic acid groups (broad SMARTS) is 2. The highest BCUT2D eigenvalue weighted by atomic mass is 32.1. The quantitative estimate of drug-likeness (QED) is 0.151. The summed E-state index contributed by atoms with van der Waals surface area (Å²) in [4.78, 5) is 40.9. The number of amides is 1. The molecule has 2 atom stereocenters. The lowest BCUT2D eigenvalue weighted by Crippen LogP contribution is -2.45. The minimum atomic E-state index is -5.08. The second-order valence-corrected chi connectivity index (χ2v) is 10.4. The number of aliphatic carboxylic acids is 2. The van der Waals surface area contributed by atoms with Crippen LogP contribution in [0, 0.1) is 5.92 Å². The zero-order chi connectivity index (χ0) is 32.8. The van der Waals surface area contributed by atoms with Gasteiger partial charge in [-0.15, -0.1) is 0 Å². The van der Waals surface area contributed by atoms with Gasteiger partial charge in [0.2, 0.25) is 0 Å². The van der Waals surface area contributed by atoms with E-state index in [1.807, 2.05) is 19.1 Å². The molecular weight excluding hydrogens is 618 g/mol. The summed E-state index contributed by atoms with van der Waals surface area (Å²) >= 11 is 1.08. The molecule has 0 bridgehead atoms. The Kier molecular flexibility index (Phi) is 10.5. The van der Waals surface area contributed by atoms with E-state index in [0.717, 1.165) is 34.7 Å². The molecule has 0 aliphatic heterocycles. The Labute approximate surface area is 249 Å². The van der Waals surface area contributed by atoms with Crippen LogP contribution < -0.4 is 10.6 Å². The monoisotopic (exact) mass is 642 g/mol. The molecule has 2 aromatic heterocycles. The Bertz CT molecular complexity index is 1620. The number of thiazole rings is 1. The van der Waals surface area contributed by atoms with Gasteiger partial charge in [-0.2, -0.15) is 31.3 Å². The van der Waals surface area contributed by atoms with E-state index in [1.54, 1.807) is 43.3 Å². The number of fused-ring (bicyclic) bond motifs is 1. The molecule has 0 fully saturated rings. The molecule has 0 saturated heterocycles. The van der Waals surface area contributed by atoms with Crippen LogP contribution >= 0.6 is 11.3 Å². The number of nitrogens with zero attached hydrogens (tertiary/aromatic N) is 2. The first kappa shape index (κ1) is 33.8. The summed E-state index contributed by atoms with van der Waals surface area (Å²) in [5.41, 5.74) is 2.19. The van der Waals surface area contributed by atoms with E-state index in [-0.39, 0.29) is 11.6 Å². The molecule has 16 heteroatoms. The smallest absolute Gasteiger partial charge is 0.480 e. The van der Waals surface area contributed by atoms with Crippen LogP contribution in [-0.4, -0.2) is 50.2 Å². The molecule has 0 unspecified atom stereocenters. The SMILES string of the molecule is CC[C@H](C)[C@H](NC(=O)c1ccc(-c2ccc(Nc3nc4ncc(C(F)(F)F)cc4s3)cc2)cc1)C(=O)O.O=C(O)C(F)(F)F. The predicted molar refractivity (Wildman–Crippen MR) is 150 cm³/mol. The van der Waals surface area contributed by atoms with Crippen LogP contribution in [0.1, 0.15) is 36.2 Å². The number of hydrogen-bond acceptors (Lipinski definition) is 7. The molecule has 2 aromatic carbocycles. The topological polar surface area (TPSA) is 142 Å². The molecule has 4 rings (SSSR count). The highest BCUT2D eigenvalue weighted by molar-refractivity contribution is 7.22. The van der Waals surface area contributed by atoms with Crippen LogP contribution in [0.25, 0.3) is 21.5 Å². The number of benzene rings is 2. The molecule has 1 amide bonds. The van der Waals surface area contributed by atoms with Gasteiger partial charge in [0.05, 0.1) is 10.3 Å². The summed E-state index contributed by atoms with van der Waals surface area (Å²) in [6.07, 6.45) is -8.16. The summed E-state index contributed by atoms with van der Waals surface area (Å²) < 4.78 is 70.8. The average Bonchev–Trinajstić information content (AvgIpc) is 3.36. The van der Waals surface area contributed by atoms with Crippen LogP contribution in [0.2, 0.25) is 0 Å². The molecule has 0 radical (unpaired) electrons. The minimum Gasteiger partial charge on any atom is -0.480 e. The normalized spacial score (nSPS) is 12.9. The van der Waals surface area contributed by atoms with Gasteiger partial charge in [0.25, 0.3) is 5.91 Å². The molecule has 4 N–H and O–H groups in total. The predicted octanol–water partition coefficient (Wildman–Crippen LogP) is 6.98. The first-order valence-electron chi connectivity index (χ1n) is 12.6. The number of hydrogen-bond donors (Lipinski definition) is 4. The number of anilines is 2. The molecule has 9 nitrogen and oxygen atoms in total. The van der Waals surface area contributed by atoms with Gasteiger partial charge in [-0.3, -0.25) is 4.79 Å². The molecule has 0 aliphatic carbocycles. The molecule has 0 spiro atoms. The lowest BCUT2D eigenvalue weighted by Gasteiger charge is -2.20. The summed E-state index contributed by atoms with van der Waals surface area (Å²) in [6.45, 7) is 3.64. The van der Waals surface area contributed by atoms with Crippen molar-refractivity contribution in [2.75, 3.05) is 5.32 Å². The second-order valence-electron chi connectivity index (χ2n) is 9.32. The van der Waals surface area contributed by atoms with E-state index < -0.39 is 41.8 Å². The number of carboxylic acids is 2. The third-order valence-electron chi connectivity index (χ3n) is 6.20. The maximum atomic E-state index is 12.9. The largest absolute Gasteiger partial charge is 0.490 e. The zero-order valence-electron chi connectivity index (χ0n) is 22.8. The highest BCUT2D eigenvalue weighted by Crippen LogP contribution is 2.34. The van der Waals surface area contributed by atoms with Gasteiger partial charge in [-0.1, -0.05) is 55.9 Å². The maximum absolute atomic E-state index is 12.9. The number of carbonyl (C=O) groups excluding carboxylic acids is 1. The minimum absolute atomic E-state index is 0.204. The fourth-order valence-corrected chi connectivity index (χ4v) is 4.50. The average molecular weight is 643 g/mol. The van der Waals surface area contributed by atoms with Crippen molar-refractivity contribution in [3.63, 3.8) is 0 Å². The molecule has 2 heterocycles. The number of carbonyl (C=O) groups is 3. The Morgan fingerprint density at radius 1 is 0.932 bits per heavy atom. The van der Waals surface area contributed by atoms with E-state index in [1.165, 1.54) is 0 Å². The van der Waals surface area contributed by atoms with Crippen molar-refractivity contribution in [1.29, 1.82) is 0 Å². The summed E-state index contributed by atoms with van der Waals surface area (Å²) in [7, 11) is 0. The summed E-state index contributed by atoms with van der Waals surface area (Å²) in [5, 5.41) is 22.6. The van der Waals surface area contributed by atoms with Gasteiger partial charge in [-0.25, -0.2) is 14.6 Å². The summed E-state index contributed by atoms with van der Waals surface area (Å²) in [5.74, 6) is -4.48. The second kappa shape index (κ2) is 13.7. The van der Waals surface area contributed by atoms with Crippen molar-refractivity contribution in [1.82, 2.24) is 15.3 Å². The number of halogens is 6. The van der Waals surface area contributed by atoms with Crippen LogP contribution in [-0.2, 0) is 15.8 Å². The standard InChI is InChI=1S/C26H23F3N4O3S.C2HF3O2/c1-3-14(2)21(24(35)36)32-23(34)17-6-4-15(5-7-17)16-8-10-19(11-9-16)31-25-33-22-20(37-25)12-18(13-30-22)26(27,28)29;3-2(4,5)1(6)7/h4-14,21H,3H2,1-2H3,(H,32,34)(H,35,36)(H,30,31,33);(H,6,7)/t14-,21-;/m0./s1. The van der Waals surface area contributed by atoms with Gasteiger partial charge in [0.15, 0.2) is 10.8 Å². The van der Waals surface area contributed by atoms with Crippen molar-refractivity contribution >= 4 is 50.3 Å². The third-order valence-corrected chi connectivity index (χ3v) is 7.11. The molecule has 44 heavy (non-hydrogen) atoms. The maximum Gasteiger partial charge on any atom is 0.490 e. The number of nitrogens with one attached hydrogen (secondary N) is 2. The molecule has 234 valence electrons. The van der Waals surface area contributed by atoms with Crippen molar-refractivity contribution in [2.45, 2.75) is 38.7 Å². The van der Waals surface area contributed by atoms with Gasteiger partial charge >= 0.3 is 24.3 Å². The van der Waals surface area contributed by atoms with Crippen LogP contribution in [0.15, 0.2) is 60.8 Å². The molecule has 4 aromatic rings. The third kappa shape index (κ3) is 8.89. The van der Waals surface area contributed by atoms with Crippen molar-refractivity contribution < 1.29 is 50.9 Å². The Morgan fingerprint density at radius 2 is 1.48 bits per heavy atom. The van der Waals surface area contributed by atoms with Gasteiger partial charge in [0, 0.05) is 17.4 Å². The number of pyridine rings is 1. The van der Waals surface area contributed by atoms with Gasteiger partial charge in [0.1, 0.15) is 6.04 Å². The molecule has 0 saturated carbocycles. The fraction of sp³-hybridized carbons (Fsp3) is 0.250. The Balaban J connectivity index is 0.000000676. The van der Waals surface area contributed by atoms with E-state index in [9.17, 15) is 41.0 Å². The van der Waals surface area contributed by atoms with E-state index in [2.05, 4.69) is 20.6 Å². The number of rotatable bonds is 8. The van der Waals surface area contributed by atoms with Crippen LogP contribution in [0.4, 0.5) is 37.2 Å². The van der Waals surface area contributed by atoms with E-state index >= 15 is 0 Å². The number of aromatic nitrogens is 2. The lowest BCUT2D eigenvalue weighted by molar-refractivity contribution is -0.192. The summed E-state index contributed by atoms with van der Waals surface area (Å²) in [6, 6.07) is 14.2. The highest BCUT2D eigenvalue weighted by Gasteiger charge is 2.38. The lowest BCUT2D eigenvalue weighted by atomic mass is 9.98. The van der Waals surface area contributed by atoms with Crippen LogP contribution in [0.3, 0.4) is 0 Å². The van der Waals surface area contributed by atoms with Crippen molar-refractivity contribution in [3.8, 4) is 11.1 Å². The molecule has 0 aliphatic rings. The first-order valence-corrected chi connectivity index (χ1v) is 13.5. The molecular formula is C28H24F6N4O5S. The van der Waals surface area contributed by atoms with Crippen LogP contribution in [0.5, 0.6) is 0 Å². The van der Waals surface area contributed by atoms with Crippen molar-refractivity contribution in [3.05, 3.63) is 71.9 Å². The van der Waals surface area contributed by atoms with E-state index in [0.29, 0.717) is 27.5 Å². The Hall–Kier alpha value is -4.73. The van der Waals surface area contributed by atoms with Gasteiger partial charge in [-0.05, 0) is 47.4 Å². The van der Waals surface area contributed by atoms with Gasteiger partial charge < -0.3 is 20.8 Å². The zero-order valence-corrected chi connectivity index (χ0v) is 23.6. The fourth-order valence-electron chi connectivity index (χ4n) is 3.62. The first-order chi connectivity index (χ1) is 20.5.